The van der Waals surface area contributed by atoms with E-state index in [0.717, 1.165) is 45.9 Å². The molecule has 3 aromatic carbocycles. The smallest absolute Gasteiger partial charge is 0.134 e. The maximum absolute atomic E-state index is 6.34. The van der Waals surface area contributed by atoms with Gasteiger partial charge in [0.1, 0.15) is 11.3 Å². The summed E-state index contributed by atoms with van der Waals surface area (Å²) in [5.41, 5.74) is 12.0. The van der Waals surface area contributed by atoms with Crippen LogP contribution in [-0.4, -0.2) is 51.8 Å². The summed E-state index contributed by atoms with van der Waals surface area (Å²) in [4.78, 5) is 5.50. The van der Waals surface area contributed by atoms with Crippen molar-refractivity contribution in [2.75, 3.05) is 42.3 Å². The third kappa shape index (κ3) is 12.7. The Morgan fingerprint density at radius 1 is 0.643 bits per heavy atom. The van der Waals surface area contributed by atoms with Crippen LogP contribution in [0.25, 0.3) is 43.5 Å². The molecule has 1 atom stereocenters. The molecule has 2 aromatic heterocycles. The summed E-state index contributed by atoms with van der Waals surface area (Å²) in [5, 5.41) is 17.5. The average molecular weight is 928 g/mol. The summed E-state index contributed by atoms with van der Waals surface area (Å²) < 4.78 is 8.55. The van der Waals surface area contributed by atoms with Gasteiger partial charge in [0.05, 0.1) is 17.1 Å². The Labute approximate surface area is 360 Å². The topological polar surface area (TPSA) is 87.4 Å². The predicted octanol–water partition coefficient (Wildman–Crippen LogP) is 14.7. The molecule has 0 fully saturated rings. The van der Waals surface area contributed by atoms with E-state index in [4.69, 9.17) is 14.7 Å². The van der Waals surface area contributed by atoms with Gasteiger partial charge in [-0.25, -0.2) is 4.98 Å². The molecule has 0 amide bonds. The second-order valence-corrected chi connectivity index (χ2v) is 15.9. The van der Waals surface area contributed by atoms with Gasteiger partial charge in [-0.15, -0.1) is 5.69 Å². The van der Waals surface area contributed by atoms with Crippen LogP contribution in [0.5, 0.6) is 0 Å². The molecular formula is C48H72HfN6O-4. The zero-order valence-electron chi connectivity index (χ0n) is 38.0. The van der Waals surface area contributed by atoms with Crippen molar-refractivity contribution >= 4 is 16.7 Å². The Hall–Kier alpha value is -3.04. The van der Waals surface area contributed by atoms with Gasteiger partial charge in [0.25, 0.3) is 0 Å². The van der Waals surface area contributed by atoms with Crippen molar-refractivity contribution in [3.63, 3.8) is 0 Å². The Morgan fingerprint density at radius 2 is 1.11 bits per heavy atom. The van der Waals surface area contributed by atoms with Crippen LogP contribution in [0.1, 0.15) is 157 Å². The van der Waals surface area contributed by atoms with Crippen LogP contribution in [0.2, 0.25) is 0 Å². The van der Waals surface area contributed by atoms with Gasteiger partial charge in [-0.3, -0.25) is 0 Å². The Balaban J connectivity index is 0.00000143. The number of fused-ring (bicyclic) bond motifs is 1. The molecule has 5 rings (SSSR count). The minimum atomic E-state index is -0.282. The van der Waals surface area contributed by atoms with Gasteiger partial charge in [0.15, 0.2) is 0 Å². The first-order valence-corrected chi connectivity index (χ1v) is 20.1. The van der Waals surface area contributed by atoms with Crippen LogP contribution in [0.3, 0.4) is 0 Å². The first-order chi connectivity index (χ1) is 26.1. The molecule has 0 N–H and O–H groups in total. The third-order valence-corrected chi connectivity index (χ3v) is 9.45. The van der Waals surface area contributed by atoms with Crippen LogP contribution < -0.4 is 0 Å². The fourth-order valence-electron chi connectivity index (χ4n) is 6.85. The van der Waals surface area contributed by atoms with Gasteiger partial charge in [0, 0.05) is 50.9 Å². The second-order valence-electron chi connectivity index (χ2n) is 15.9. The standard InChI is InChI=1S/C42H54N3O.3C2H6N.Hf/c1-13-36-39(32-17-14-15-20-37(32)46-36)35-23-45(12)42(43-35)41(44-40-30(25(4)5)18-16-19-31(40)26(6)7)38-33(27(8)9)21-29(24(2)3)22-34(38)28(10)11;3*1-3-2;/h14-28,41H,13H2,1-12H3;3*1-2H3;/q4*-1;. The third-order valence-electron chi connectivity index (χ3n) is 9.45. The molecule has 0 saturated carbocycles. The van der Waals surface area contributed by atoms with Gasteiger partial charge in [-0.05, 0) is 64.0 Å². The number of imidazole rings is 1. The van der Waals surface area contributed by atoms with Crippen molar-refractivity contribution in [1.29, 1.82) is 0 Å². The summed E-state index contributed by atoms with van der Waals surface area (Å²) >= 11 is 0. The number of nitrogens with zero attached hydrogens (tertiary/aromatic N) is 6. The Bertz CT molecular complexity index is 1820. The maximum Gasteiger partial charge on any atom is 0.134 e. The zero-order chi connectivity index (χ0) is 41.6. The fraction of sp³-hybridized carbons (Fsp3) is 0.521. The molecule has 0 bridgehead atoms. The molecule has 56 heavy (non-hydrogen) atoms. The molecule has 7 nitrogen and oxygen atoms in total. The molecule has 2 heterocycles. The molecule has 8 heteroatoms. The van der Waals surface area contributed by atoms with E-state index >= 15 is 0 Å². The number of furan rings is 1. The summed E-state index contributed by atoms with van der Waals surface area (Å²) in [6.07, 6.45) is 2.98. The van der Waals surface area contributed by atoms with Gasteiger partial charge in [-0.2, -0.15) is 42.3 Å². The molecule has 0 aliphatic carbocycles. The van der Waals surface area contributed by atoms with E-state index in [2.05, 4.69) is 158 Å². The largest absolute Gasteiger partial charge is 0.671 e. The van der Waals surface area contributed by atoms with Gasteiger partial charge < -0.3 is 30.3 Å². The van der Waals surface area contributed by atoms with Crippen molar-refractivity contribution in [2.24, 2.45) is 7.05 Å². The zero-order valence-corrected chi connectivity index (χ0v) is 41.6. The van der Waals surface area contributed by atoms with Crippen LogP contribution in [0.15, 0.2) is 65.2 Å². The first kappa shape index (κ1) is 51.0. The second kappa shape index (κ2) is 24.7. The summed E-state index contributed by atoms with van der Waals surface area (Å²) in [6.45, 7) is 25.1. The average Bonchev–Trinajstić information content (AvgIpc) is 3.70. The van der Waals surface area contributed by atoms with Crippen molar-refractivity contribution in [1.82, 2.24) is 9.55 Å². The van der Waals surface area contributed by atoms with Crippen LogP contribution in [0.4, 0.5) is 5.69 Å². The molecule has 1 unspecified atom stereocenters. The number of hydrogen-bond donors (Lipinski definition) is 0. The van der Waals surface area contributed by atoms with Crippen molar-refractivity contribution in [2.45, 2.75) is 118 Å². The number of aromatic nitrogens is 2. The van der Waals surface area contributed by atoms with Crippen LogP contribution >= 0.6 is 0 Å². The Morgan fingerprint density at radius 3 is 1.54 bits per heavy atom. The minimum absolute atomic E-state index is 0. The van der Waals surface area contributed by atoms with Crippen molar-refractivity contribution < 1.29 is 30.3 Å². The van der Waals surface area contributed by atoms with E-state index in [1.54, 1.807) is 42.3 Å². The quantitative estimate of drug-likeness (QED) is 0.124. The summed E-state index contributed by atoms with van der Waals surface area (Å²) in [7, 11) is 12.6. The fourth-order valence-corrected chi connectivity index (χ4v) is 6.85. The van der Waals surface area contributed by atoms with Crippen molar-refractivity contribution in [3.8, 4) is 11.3 Å². The molecular weight excluding hydrogens is 855 g/mol. The number of para-hydroxylation sites is 2. The molecule has 0 aliphatic rings. The SMILES string of the molecule is CCc1oc2ccccc2c1-c1cn(C)c(C([N-]c2c(C(C)C)cccc2C(C)C)c2c(C(C)C)cc(C(C)C)cc2C(C)C)n1.C[N-]C.C[N-]C.C[N-]C.[Hf]. The van der Waals surface area contributed by atoms with E-state index in [9.17, 15) is 0 Å². The van der Waals surface area contributed by atoms with Crippen LogP contribution in [0, 0.1) is 0 Å². The number of rotatable bonds is 11. The number of aryl methyl sites for hydroxylation is 2. The maximum atomic E-state index is 6.34. The first-order valence-electron chi connectivity index (χ1n) is 20.1. The van der Waals surface area contributed by atoms with E-state index in [1.165, 1.54) is 33.4 Å². The predicted molar refractivity (Wildman–Crippen MR) is 242 cm³/mol. The van der Waals surface area contributed by atoms with E-state index in [-0.39, 0.29) is 31.9 Å². The van der Waals surface area contributed by atoms with Crippen LogP contribution in [-0.2, 0) is 39.3 Å². The summed E-state index contributed by atoms with van der Waals surface area (Å²) in [6, 6.07) is 19.6. The normalized spacial score (nSPS) is 11.6. The monoisotopic (exact) mass is 929 g/mol. The molecule has 0 saturated heterocycles. The van der Waals surface area contributed by atoms with Gasteiger partial charge in [-0.1, -0.05) is 136 Å². The number of benzene rings is 3. The van der Waals surface area contributed by atoms with E-state index < -0.39 is 0 Å². The molecule has 0 radical (unpaired) electrons. The van der Waals surface area contributed by atoms with Gasteiger partial charge in [0.2, 0.25) is 0 Å². The summed E-state index contributed by atoms with van der Waals surface area (Å²) in [5.74, 6) is 3.72. The van der Waals surface area contributed by atoms with Crippen molar-refractivity contribution in [3.05, 3.63) is 127 Å². The van der Waals surface area contributed by atoms with E-state index in [1.807, 2.05) is 6.07 Å². The molecule has 0 spiro atoms. The Kier molecular flexibility index (Phi) is 22.5. The molecule has 5 aromatic rings. The molecule has 308 valence electrons. The van der Waals surface area contributed by atoms with Gasteiger partial charge >= 0.3 is 0 Å². The van der Waals surface area contributed by atoms with E-state index in [0.29, 0.717) is 29.6 Å². The molecule has 0 aliphatic heterocycles. The minimum Gasteiger partial charge on any atom is -0.671 e. The number of hydrogen-bond acceptors (Lipinski definition) is 2.